The third-order valence-corrected chi connectivity index (χ3v) is 3.71. The van der Waals surface area contributed by atoms with Crippen LogP contribution in [0.1, 0.15) is 46.8 Å². The molecule has 3 N–H and O–H groups in total. The molecule has 2 unspecified atom stereocenters. The molecule has 23 heavy (non-hydrogen) atoms. The first-order chi connectivity index (χ1) is 10.7. The molecule has 0 amide bonds. The van der Waals surface area contributed by atoms with Crippen molar-refractivity contribution in [3.63, 3.8) is 0 Å². The summed E-state index contributed by atoms with van der Waals surface area (Å²) in [7, 11) is 0. The number of fused-ring (bicyclic) bond motifs is 1. The lowest BCUT2D eigenvalue weighted by Gasteiger charge is -2.18. The minimum absolute atomic E-state index is 0.0328. The van der Waals surface area contributed by atoms with Crippen molar-refractivity contribution >= 4 is 16.9 Å². The lowest BCUT2D eigenvalue weighted by molar-refractivity contribution is 0.00544. The van der Waals surface area contributed by atoms with E-state index >= 15 is 0 Å². The summed E-state index contributed by atoms with van der Waals surface area (Å²) in [5.74, 6) is 0.116. The maximum Gasteiger partial charge on any atom is 0.320 e. The summed E-state index contributed by atoms with van der Waals surface area (Å²) in [6.45, 7) is 8.60. The molecule has 1 aliphatic heterocycles. The molecule has 0 saturated carbocycles. The zero-order chi connectivity index (χ0) is 16.8. The van der Waals surface area contributed by atoms with Crippen LogP contribution in [0.4, 0.5) is 5.82 Å². The van der Waals surface area contributed by atoms with Crippen LogP contribution in [0.2, 0.25) is 0 Å². The lowest BCUT2D eigenvalue weighted by Crippen LogP contribution is -2.18. The fourth-order valence-corrected chi connectivity index (χ4v) is 2.58. The van der Waals surface area contributed by atoms with E-state index in [1.54, 1.807) is 4.68 Å². The van der Waals surface area contributed by atoms with E-state index in [-0.39, 0.29) is 40.5 Å². The number of nitrogens with one attached hydrogen (secondary N) is 1. The highest BCUT2D eigenvalue weighted by atomic mass is 16.5. The van der Waals surface area contributed by atoms with E-state index in [2.05, 4.69) is 35.8 Å². The second-order valence-electron chi connectivity index (χ2n) is 7.23. The smallest absolute Gasteiger partial charge is 0.320 e. The van der Waals surface area contributed by atoms with Gasteiger partial charge in [0.25, 0.3) is 5.56 Å². The number of hydrogen-bond acceptors (Lipinski definition) is 6. The van der Waals surface area contributed by atoms with Crippen LogP contribution in [0, 0.1) is 5.41 Å². The number of nitrogens with zero attached hydrogens (tertiary/aromatic N) is 3. The standard InChI is InChI=1S/C15H23N5O3/c1-8-5-6-9(23-8)20-12-10(13(21)19-20)11(16)17-14(18-12)22-7-15(2,3)4/h8-9H,5-7H2,1-4H3,(H,19,21)(H2,16,17,18). The van der Waals surface area contributed by atoms with Gasteiger partial charge in [-0.2, -0.15) is 9.97 Å². The van der Waals surface area contributed by atoms with E-state index in [0.717, 1.165) is 12.8 Å². The van der Waals surface area contributed by atoms with Crippen molar-refractivity contribution in [2.75, 3.05) is 12.3 Å². The first kappa shape index (κ1) is 15.8. The van der Waals surface area contributed by atoms with Crippen molar-refractivity contribution in [2.24, 2.45) is 5.41 Å². The summed E-state index contributed by atoms with van der Waals surface area (Å²) in [6.07, 6.45) is 1.64. The average molecular weight is 321 g/mol. The Morgan fingerprint density at radius 3 is 2.74 bits per heavy atom. The predicted octanol–water partition coefficient (Wildman–Crippen LogP) is 1.82. The van der Waals surface area contributed by atoms with E-state index in [9.17, 15) is 4.79 Å². The average Bonchev–Trinajstić information content (AvgIpc) is 3.00. The number of rotatable bonds is 3. The van der Waals surface area contributed by atoms with Gasteiger partial charge in [0.1, 0.15) is 11.2 Å². The van der Waals surface area contributed by atoms with E-state index in [4.69, 9.17) is 15.2 Å². The summed E-state index contributed by atoms with van der Waals surface area (Å²) < 4.78 is 13.1. The zero-order valence-electron chi connectivity index (χ0n) is 13.9. The molecular formula is C15H23N5O3. The second kappa shape index (κ2) is 5.52. The molecule has 1 aliphatic rings. The Morgan fingerprint density at radius 1 is 1.39 bits per heavy atom. The number of nitrogen functional groups attached to an aromatic ring is 1. The Morgan fingerprint density at radius 2 is 2.13 bits per heavy atom. The van der Waals surface area contributed by atoms with Gasteiger partial charge in [-0.1, -0.05) is 20.8 Å². The zero-order valence-corrected chi connectivity index (χ0v) is 13.9. The monoisotopic (exact) mass is 321 g/mol. The molecule has 2 aromatic heterocycles. The molecule has 3 heterocycles. The van der Waals surface area contributed by atoms with Gasteiger partial charge in [0.2, 0.25) is 0 Å². The molecule has 126 valence electrons. The van der Waals surface area contributed by atoms with Crippen molar-refractivity contribution in [3.8, 4) is 6.01 Å². The fraction of sp³-hybridized carbons (Fsp3) is 0.667. The van der Waals surface area contributed by atoms with Crippen molar-refractivity contribution in [1.82, 2.24) is 19.7 Å². The minimum Gasteiger partial charge on any atom is -0.463 e. The molecule has 0 spiro atoms. The van der Waals surface area contributed by atoms with E-state index in [1.807, 2.05) is 6.92 Å². The van der Waals surface area contributed by atoms with Crippen molar-refractivity contribution < 1.29 is 9.47 Å². The number of ether oxygens (including phenoxy) is 2. The van der Waals surface area contributed by atoms with Gasteiger partial charge in [-0.05, 0) is 25.2 Å². The molecule has 0 bridgehead atoms. The number of hydrogen-bond donors (Lipinski definition) is 2. The molecule has 8 heteroatoms. The summed E-state index contributed by atoms with van der Waals surface area (Å²) in [5.41, 5.74) is 6.00. The van der Waals surface area contributed by atoms with Crippen LogP contribution in [0.3, 0.4) is 0 Å². The fourth-order valence-electron chi connectivity index (χ4n) is 2.58. The molecule has 3 rings (SSSR count). The predicted molar refractivity (Wildman–Crippen MR) is 86.3 cm³/mol. The number of H-pyrrole nitrogens is 1. The van der Waals surface area contributed by atoms with Gasteiger partial charge >= 0.3 is 6.01 Å². The van der Waals surface area contributed by atoms with Crippen molar-refractivity contribution in [3.05, 3.63) is 10.4 Å². The molecule has 8 nitrogen and oxygen atoms in total. The van der Waals surface area contributed by atoms with Crippen LogP contribution < -0.4 is 16.0 Å². The largest absolute Gasteiger partial charge is 0.463 e. The van der Waals surface area contributed by atoms with E-state index in [0.29, 0.717) is 12.3 Å². The quantitative estimate of drug-likeness (QED) is 0.892. The second-order valence-corrected chi connectivity index (χ2v) is 7.23. The number of aromatic amines is 1. The van der Waals surface area contributed by atoms with Gasteiger partial charge in [0.15, 0.2) is 11.9 Å². The highest BCUT2D eigenvalue weighted by Crippen LogP contribution is 2.30. The number of aromatic nitrogens is 4. The van der Waals surface area contributed by atoms with Gasteiger partial charge in [-0.25, -0.2) is 4.68 Å². The van der Waals surface area contributed by atoms with Crippen LogP contribution in [-0.2, 0) is 4.74 Å². The maximum absolute atomic E-state index is 12.2. The van der Waals surface area contributed by atoms with Crippen molar-refractivity contribution in [1.29, 1.82) is 0 Å². The van der Waals surface area contributed by atoms with Gasteiger partial charge < -0.3 is 15.2 Å². The Labute approximate surface area is 134 Å². The Bertz CT molecular complexity index is 774. The SMILES string of the molecule is CC1CCC(n2[nH]c(=O)c3c(N)nc(OCC(C)(C)C)nc32)O1. The molecule has 1 fully saturated rings. The van der Waals surface area contributed by atoms with E-state index < -0.39 is 0 Å². The molecule has 2 aromatic rings. The van der Waals surface area contributed by atoms with Crippen LogP contribution >= 0.6 is 0 Å². The lowest BCUT2D eigenvalue weighted by atomic mass is 9.99. The number of anilines is 1. The minimum atomic E-state index is -0.317. The Balaban J connectivity index is 2.01. The topological polar surface area (TPSA) is 108 Å². The molecule has 0 aliphatic carbocycles. The Hall–Kier alpha value is -2.09. The highest BCUT2D eigenvalue weighted by molar-refractivity contribution is 5.85. The molecule has 1 saturated heterocycles. The summed E-state index contributed by atoms with van der Waals surface area (Å²) in [5, 5.41) is 3.03. The normalized spacial score (nSPS) is 21.9. The third-order valence-electron chi connectivity index (χ3n) is 3.71. The van der Waals surface area contributed by atoms with Crippen LogP contribution in [0.25, 0.3) is 11.0 Å². The molecule has 2 atom stereocenters. The van der Waals surface area contributed by atoms with Crippen LogP contribution in [0.15, 0.2) is 4.79 Å². The summed E-state index contributed by atoms with van der Waals surface area (Å²) in [4.78, 5) is 20.6. The molecular weight excluding hydrogens is 298 g/mol. The number of nitrogens with two attached hydrogens (primary N) is 1. The van der Waals surface area contributed by atoms with Gasteiger partial charge in [0, 0.05) is 0 Å². The highest BCUT2D eigenvalue weighted by Gasteiger charge is 2.27. The summed E-state index contributed by atoms with van der Waals surface area (Å²) in [6, 6.07) is 0.170. The first-order valence-electron chi connectivity index (χ1n) is 7.80. The van der Waals surface area contributed by atoms with Gasteiger partial charge in [-0.15, -0.1) is 0 Å². The maximum atomic E-state index is 12.2. The first-order valence-corrected chi connectivity index (χ1v) is 7.80. The molecule has 0 radical (unpaired) electrons. The molecule has 0 aromatic carbocycles. The Kier molecular flexibility index (Phi) is 3.79. The van der Waals surface area contributed by atoms with E-state index in [1.165, 1.54) is 0 Å². The summed E-state index contributed by atoms with van der Waals surface area (Å²) >= 11 is 0. The van der Waals surface area contributed by atoms with Gasteiger partial charge in [0.05, 0.1) is 12.7 Å². The third kappa shape index (κ3) is 3.17. The van der Waals surface area contributed by atoms with Crippen LogP contribution in [-0.4, -0.2) is 32.5 Å². The van der Waals surface area contributed by atoms with Crippen molar-refractivity contribution in [2.45, 2.75) is 52.9 Å². The van der Waals surface area contributed by atoms with Crippen LogP contribution in [0.5, 0.6) is 6.01 Å². The van der Waals surface area contributed by atoms with Gasteiger partial charge in [-0.3, -0.25) is 9.89 Å².